The molecule has 0 aromatic heterocycles. The first-order valence-corrected chi connectivity index (χ1v) is 10.0. The van der Waals surface area contributed by atoms with Gasteiger partial charge in [-0.05, 0) is 32.6 Å². The fourth-order valence-electron chi connectivity index (χ4n) is 1.00. The largest absolute Gasteiger partial charge is 0.456 e. The van der Waals surface area contributed by atoms with Crippen LogP contribution in [0.5, 0.6) is 0 Å². The summed E-state index contributed by atoms with van der Waals surface area (Å²) in [6.45, 7) is 8.37. The van der Waals surface area contributed by atoms with E-state index in [9.17, 15) is 5.11 Å². The van der Waals surface area contributed by atoms with E-state index in [-0.39, 0.29) is 6.61 Å². The molecule has 0 rings (SSSR count). The Bertz CT molecular complexity index is 124. The second-order valence-corrected chi connectivity index (χ2v) is 11.4. The van der Waals surface area contributed by atoms with Gasteiger partial charge in [0.25, 0.3) is 0 Å². The molecule has 0 aliphatic heterocycles. The van der Waals surface area contributed by atoms with Crippen molar-refractivity contribution < 1.29 is 14.3 Å². The van der Waals surface area contributed by atoms with Gasteiger partial charge in [-0.25, -0.2) is 0 Å². The maximum Gasteiger partial charge on any atom is 0.189 e. The van der Waals surface area contributed by atoms with Crippen LogP contribution >= 0.6 is 0 Å². The zero-order valence-electron chi connectivity index (χ0n) is 8.37. The molecule has 0 saturated carbocycles. The van der Waals surface area contributed by atoms with Crippen LogP contribution in [0.3, 0.4) is 0 Å². The minimum Gasteiger partial charge on any atom is -0.456 e. The van der Waals surface area contributed by atoms with Gasteiger partial charge in [-0.2, -0.15) is 0 Å². The summed E-state index contributed by atoms with van der Waals surface area (Å²) < 4.78 is 5.77. The monoisotopic (exact) mass is 208 g/mol. The van der Waals surface area contributed by atoms with Crippen LogP contribution in [0, 0.1) is 0 Å². The summed E-state index contributed by atoms with van der Waals surface area (Å²) in [7, 11) is -2.97. The van der Waals surface area contributed by atoms with Gasteiger partial charge >= 0.3 is 0 Å². The van der Waals surface area contributed by atoms with Crippen molar-refractivity contribution >= 4 is 17.4 Å². The van der Waals surface area contributed by atoms with Gasteiger partial charge in [0.15, 0.2) is 17.4 Å². The van der Waals surface area contributed by atoms with Crippen molar-refractivity contribution in [3.63, 3.8) is 0 Å². The van der Waals surface area contributed by atoms with Crippen molar-refractivity contribution in [3.05, 3.63) is 0 Å². The van der Waals surface area contributed by atoms with Crippen molar-refractivity contribution in [3.8, 4) is 0 Å². The maximum atomic E-state index is 9.48. The molecule has 0 aromatic rings. The van der Waals surface area contributed by atoms with Gasteiger partial charge in [0.2, 0.25) is 0 Å². The van der Waals surface area contributed by atoms with E-state index >= 15 is 0 Å². The van der Waals surface area contributed by atoms with Crippen LogP contribution in [-0.2, 0) is 4.12 Å². The highest BCUT2D eigenvalue weighted by Gasteiger charge is 2.23. The topological polar surface area (TPSA) is 49.7 Å². The zero-order valence-corrected chi connectivity index (χ0v) is 10.5. The van der Waals surface area contributed by atoms with Crippen LogP contribution in [0.15, 0.2) is 0 Å². The fraction of sp³-hybridized carbons (Fsp3) is 1.00. The number of hydrogen-bond donors (Lipinski definition) is 2. The van der Waals surface area contributed by atoms with E-state index in [0.29, 0.717) is 6.42 Å². The lowest BCUT2D eigenvalue weighted by Crippen LogP contribution is -2.41. The third-order valence-corrected chi connectivity index (χ3v) is 7.24. The number of hydrogen-bond acceptors (Lipinski definition) is 3. The standard InChI is InChI=1S/C7H20O3Si2/c1-11(7(9)5-6-8)10-12(2,3)4/h7-9,11H,5-6H2,1-4H3. The highest BCUT2D eigenvalue weighted by atomic mass is 28.4. The normalized spacial score (nSPS) is 17.5. The van der Waals surface area contributed by atoms with Crippen molar-refractivity contribution in [1.82, 2.24) is 0 Å². The molecule has 0 saturated heterocycles. The molecule has 0 aliphatic carbocycles. The third-order valence-electron chi connectivity index (χ3n) is 1.51. The lowest BCUT2D eigenvalue weighted by molar-refractivity contribution is 0.178. The molecule has 0 radical (unpaired) electrons. The van der Waals surface area contributed by atoms with Crippen molar-refractivity contribution in [1.29, 1.82) is 0 Å². The molecule has 0 aliphatic rings. The SMILES string of the molecule is C[SiH](O[Si](C)(C)C)C(O)CCO. The van der Waals surface area contributed by atoms with Gasteiger partial charge in [-0.1, -0.05) is 0 Å². The first kappa shape index (κ1) is 12.3. The van der Waals surface area contributed by atoms with E-state index in [0.717, 1.165) is 0 Å². The van der Waals surface area contributed by atoms with Gasteiger partial charge < -0.3 is 14.3 Å². The van der Waals surface area contributed by atoms with Crippen molar-refractivity contribution in [2.75, 3.05) is 6.61 Å². The molecule has 2 N–H and O–H groups in total. The molecule has 0 bridgehead atoms. The van der Waals surface area contributed by atoms with E-state index in [2.05, 4.69) is 19.6 Å². The molecule has 2 unspecified atom stereocenters. The third kappa shape index (κ3) is 5.90. The Morgan fingerprint density at radius 3 is 2.25 bits per heavy atom. The van der Waals surface area contributed by atoms with E-state index < -0.39 is 23.1 Å². The first-order chi connectivity index (χ1) is 5.37. The summed E-state index contributed by atoms with van der Waals surface area (Å²) in [6, 6.07) is 0. The average molecular weight is 208 g/mol. The zero-order chi connectivity index (χ0) is 9.78. The summed E-state index contributed by atoms with van der Waals surface area (Å²) >= 11 is 0. The quantitative estimate of drug-likeness (QED) is 0.646. The Hall–Kier alpha value is 0.314. The van der Waals surface area contributed by atoms with E-state index in [1.54, 1.807) is 0 Å². The minimum atomic E-state index is -1.49. The molecule has 12 heavy (non-hydrogen) atoms. The smallest absolute Gasteiger partial charge is 0.189 e. The lowest BCUT2D eigenvalue weighted by Gasteiger charge is -2.26. The van der Waals surface area contributed by atoms with E-state index in [1.807, 2.05) is 6.55 Å². The van der Waals surface area contributed by atoms with Crippen molar-refractivity contribution in [2.24, 2.45) is 0 Å². The molecule has 0 amide bonds. The van der Waals surface area contributed by atoms with E-state index in [1.165, 1.54) is 0 Å². The Kier molecular flexibility index (Phi) is 5.27. The van der Waals surface area contributed by atoms with Gasteiger partial charge in [0, 0.05) is 6.61 Å². The molecule has 0 fully saturated rings. The predicted molar refractivity (Wildman–Crippen MR) is 55.2 cm³/mol. The summed E-state index contributed by atoms with van der Waals surface area (Å²) in [5, 5.41) is 18.1. The highest BCUT2D eigenvalue weighted by Crippen LogP contribution is 2.08. The highest BCUT2D eigenvalue weighted by molar-refractivity contribution is 6.77. The van der Waals surface area contributed by atoms with Crippen molar-refractivity contribution in [2.45, 2.75) is 38.3 Å². The molecule has 0 aromatic carbocycles. The minimum absolute atomic E-state index is 0.0492. The number of aliphatic hydroxyl groups is 2. The molecule has 74 valence electrons. The molecule has 0 heterocycles. The molecule has 3 nitrogen and oxygen atoms in total. The van der Waals surface area contributed by atoms with Crippen LogP contribution < -0.4 is 0 Å². The second-order valence-electron chi connectivity index (χ2n) is 4.01. The number of rotatable bonds is 5. The van der Waals surface area contributed by atoms with Gasteiger partial charge in [-0.3, -0.25) is 0 Å². The Morgan fingerprint density at radius 1 is 1.42 bits per heavy atom. The second kappa shape index (κ2) is 5.13. The summed E-state index contributed by atoms with van der Waals surface area (Å²) in [4.78, 5) is 0. The first-order valence-electron chi connectivity index (χ1n) is 4.33. The van der Waals surface area contributed by atoms with Crippen LogP contribution in [-0.4, -0.2) is 39.9 Å². The van der Waals surface area contributed by atoms with Gasteiger partial charge in [0.05, 0.1) is 5.73 Å². The average Bonchev–Trinajstić information content (AvgIpc) is 1.84. The van der Waals surface area contributed by atoms with Crippen LogP contribution in [0.1, 0.15) is 6.42 Å². The van der Waals surface area contributed by atoms with Crippen LogP contribution in [0.4, 0.5) is 0 Å². The summed E-state index contributed by atoms with van der Waals surface area (Å²) in [6.07, 6.45) is 0.456. The molecule has 5 heteroatoms. The van der Waals surface area contributed by atoms with Crippen LogP contribution in [0.25, 0.3) is 0 Å². The Balaban J connectivity index is 3.78. The van der Waals surface area contributed by atoms with Gasteiger partial charge in [0.1, 0.15) is 0 Å². The van der Waals surface area contributed by atoms with Crippen LogP contribution in [0.2, 0.25) is 26.2 Å². The summed E-state index contributed by atoms with van der Waals surface area (Å²) in [5.41, 5.74) is -0.401. The maximum absolute atomic E-state index is 9.48. The summed E-state index contributed by atoms with van der Waals surface area (Å²) in [5.74, 6) is 0. The Morgan fingerprint density at radius 2 is 1.92 bits per heavy atom. The Labute approximate surface area is 77.2 Å². The molecular formula is C7H20O3Si2. The molecular weight excluding hydrogens is 188 g/mol. The van der Waals surface area contributed by atoms with Gasteiger partial charge in [-0.15, -0.1) is 0 Å². The van der Waals surface area contributed by atoms with E-state index in [4.69, 9.17) is 9.22 Å². The fourth-order valence-corrected chi connectivity index (χ4v) is 6.71. The molecule has 2 atom stereocenters. The number of aliphatic hydroxyl groups excluding tert-OH is 2. The predicted octanol–water partition coefficient (Wildman–Crippen LogP) is 0.474. The molecule has 0 spiro atoms. The lowest BCUT2D eigenvalue weighted by atomic mass is 10.5.